The summed E-state index contributed by atoms with van der Waals surface area (Å²) in [5.74, 6) is 0.892. The molecule has 19 heavy (non-hydrogen) atoms. The molecule has 0 atom stereocenters. The van der Waals surface area contributed by atoms with E-state index >= 15 is 0 Å². The molecule has 1 aliphatic rings. The van der Waals surface area contributed by atoms with Crippen molar-refractivity contribution in [3.63, 3.8) is 0 Å². The molecule has 0 unspecified atom stereocenters. The van der Waals surface area contributed by atoms with Crippen molar-refractivity contribution in [1.29, 1.82) is 0 Å². The van der Waals surface area contributed by atoms with Crippen LogP contribution in [-0.4, -0.2) is 12.3 Å². The Balaban J connectivity index is 1.88. The SMILES string of the molecule is CSc1cccc(NC2CCC(C(C)(C)C)CC2)c1. The summed E-state index contributed by atoms with van der Waals surface area (Å²) in [7, 11) is 0. The number of benzene rings is 1. The summed E-state index contributed by atoms with van der Waals surface area (Å²) in [5.41, 5.74) is 1.76. The lowest BCUT2D eigenvalue weighted by Gasteiger charge is -2.37. The summed E-state index contributed by atoms with van der Waals surface area (Å²) in [6.07, 6.45) is 7.48. The zero-order chi connectivity index (χ0) is 13.9. The van der Waals surface area contributed by atoms with E-state index in [0.717, 1.165) is 5.92 Å². The molecule has 0 heterocycles. The van der Waals surface area contributed by atoms with E-state index in [4.69, 9.17) is 0 Å². The third-order valence-corrected chi connectivity index (χ3v) is 5.12. The summed E-state index contributed by atoms with van der Waals surface area (Å²) in [4.78, 5) is 1.34. The molecule has 1 N–H and O–H groups in total. The monoisotopic (exact) mass is 277 g/mol. The predicted molar refractivity (Wildman–Crippen MR) is 87.0 cm³/mol. The molecule has 0 saturated heterocycles. The van der Waals surface area contributed by atoms with Crippen molar-refractivity contribution >= 4 is 17.4 Å². The predicted octanol–water partition coefficient (Wildman–Crippen LogP) is 5.43. The van der Waals surface area contributed by atoms with Gasteiger partial charge in [0.05, 0.1) is 0 Å². The second-order valence-corrected chi connectivity index (χ2v) is 7.67. The van der Waals surface area contributed by atoms with Crippen LogP contribution in [0, 0.1) is 11.3 Å². The standard InChI is InChI=1S/C17H27NS/c1-17(2,3)13-8-10-14(11-9-13)18-15-6-5-7-16(12-15)19-4/h5-7,12-14,18H,8-11H2,1-4H3. The molecule has 1 aromatic rings. The van der Waals surface area contributed by atoms with Gasteiger partial charge in [-0.2, -0.15) is 0 Å². The first-order valence-electron chi connectivity index (χ1n) is 7.39. The van der Waals surface area contributed by atoms with E-state index in [1.165, 1.54) is 36.3 Å². The number of thioether (sulfide) groups is 1. The molecule has 0 spiro atoms. The Bertz CT molecular complexity index is 400. The van der Waals surface area contributed by atoms with Gasteiger partial charge in [0.1, 0.15) is 0 Å². The zero-order valence-corrected chi connectivity index (χ0v) is 13.5. The average Bonchev–Trinajstić information content (AvgIpc) is 2.38. The Morgan fingerprint density at radius 2 is 1.79 bits per heavy atom. The fourth-order valence-electron chi connectivity index (χ4n) is 3.05. The van der Waals surface area contributed by atoms with E-state index in [1.54, 1.807) is 0 Å². The molecule has 0 aliphatic heterocycles. The molecule has 0 radical (unpaired) electrons. The molecule has 1 aliphatic carbocycles. The minimum absolute atomic E-state index is 0.476. The van der Waals surface area contributed by atoms with Crippen molar-refractivity contribution in [2.45, 2.75) is 57.4 Å². The molecule has 1 fully saturated rings. The lowest BCUT2D eigenvalue weighted by molar-refractivity contribution is 0.173. The van der Waals surface area contributed by atoms with Gasteiger partial charge in [0.2, 0.25) is 0 Å². The van der Waals surface area contributed by atoms with Crippen molar-refractivity contribution in [2.24, 2.45) is 11.3 Å². The maximum absolute atomic E-state index is 3.71. The first-order valence-corrected chi connectivity index (χ1v) is 8.62. The van der Waals surface area contributed by atoms with E-state index < -0.39 is 0 Å². The van der Waals surface area contributed by atoms with Crippen LogP contribution in [0.2, 0.25) is 0 Å². The van der Waals surface area contributed by atoms with Gasteiger partial charge in [0.25, 0.3) is 0 Å². The molecule has 2 rings (SSSR count). The van der Waals surface area contributed by atoms with Gasteiger partial charge < -0.3 is 5.32 Å². The topological polar surface area (TPSA) is 12.0 Å². The van der Waals surface area contributed by atoms with Crippen LogP contribution in [0.25, 0.3) is 0 Å². The summed E-state index contributed by atoms with van der Waals surface area (Å²) in [6.45, 7) is 7.15. The quantitative estimate of drug-likeness (QED) is 0.740. The second-order valence-electron chi connectivity index (χ2n) is 6.79. The Morgan fingerprint density at radius 1 is 1.11 bits per heavy atom. The Kier molecular flexibility index (Phi) is 4.83. The second kappa shape index (κ2) is 6.21. The number of rotatable bonds is 3. The maximum Gasteiger partial charge on any atom is 0.0353 e. The Morgan fingerprint density at radius 3 is 2.37 bits per heavy atom. The van der Waals surface area contributed by atoms with Gasteiger partial charge in [-0.25, -0.2) is 0 Å². The van der Waals surface area contributed by atoms with Gasteiger partial charge >= 0.3 is 0 Å². The van der Waals surface area contributed by atoms with Gasteiger partial charge in [-0.15, -0.1) is 11.8 Å². The smallest absolute Gasteiger partial charge is 0.0353 e. The lowest BCUT2D eigenvalue weighted by Crippen LogP contribution is -2.31. The summed E-state index contributed by atoms with van der Waals surface area (Å²) in [6, 6.07) is 9.44. The van der Waals surface area contributed by atoms with Crippen LogP contribution in [0.5, 0.6) is 0 Å². The molecule has 2 heteroatoms. The summed E-state index contributed by atoms with van der Waals surface area (Å²) in [5, 5.41) is 3.71. The van der Waals surface area contributed by atoms with E-state index in [0.29, 0.717) is 11.5 Å². The van der Waals surface area contributed by atoms with Crippen LogP contribution in [0.15, 0.2) is 29.2 Å². The molecule has 106 valence electrons. The van der Waals surface area contributed by atoms with Crippen molar-refractivity contribution in [3.05, 3.63) is 24.3 Å². The van der Waals surface area contributed by atoms with Gasteiger partial charge in [0.15, 0.2) is 0 Å². The first kappa shape index (κ1) is 14.8. The van der Waals surface area contributed by atoms with Crippen LogP contribution < -0.4 is 5.32 Å². The first-order chi connectivity index (χ1) is 8.99. The van der Waals surface area contributed by atoms with Crippen molar-refractivity contribution in [1.82, 2.24) is 0 Å². The van der Waals surface area contributed by atoms with Crippen LogP contribution in [0.4, 0.5) is 5.69 Å². The third kappa shape index (κ3) is 4.17. The molecule has 1 saturated carbocycles. The van der Waals surface area contributed by atoms with Crippen LogP contribution in [0.3, 0.4) is 0 Å². The number of hydrogen-bond donors (Lipinski definition) is 1. The van der Waals surface area contributed by atoms with Crippen molar-refractivity contribution < 1.29 is 0 Å². The normalized spacial score (nSPS) is 24.2. The van der Waals surface area contributed by atoms with E-state index in [-0.39, 0.29) is 0 Å². The fourth-order valence-corrected chi connectivity index (χ4v) is 3.51. The number of hydrogen-bond acceptors (Lipinski definition) is 2. The van der Waals surface area contributed by atoms with Gasteiger partial charge in [0, 0.05) is 16.6 Å². The average molecular weight is 277 g/mol. The molecule has 1 nitrogen and oxygen atoms in total. The third-order valence-electron chi connectivity index (χ3n) is 4.39. The molecular formula is C17H27NS. The van der Waals surface area contributed by atoms with E-state index in [1.807, 2.05) is 11.8 Å². The van der Waals surface area contributed by atoms with Crippen LogP contribution >= 0.6 is 11.8 Å². The van der Waals surface area contributed by atoms with E-state index in [9.17, 15) is 0 Å². The maximum atomic E-state index is 3.71. The molecule has 0 amide bonds. The Labute approximate surface area is 122 Å². The highest BCUT2D eigenvalue weighted by Gasteiger charge is 2.29. The lowest BCUT2D eigenvalue weighted by atomic mass is 9.71. The molecule has 1 aromatic carbocycles. The van der Waals surface area contributed by atoms with Crippen LogP contribution in [-0.2, 0) is 0 Å². The fraction of sp³-hybridized carbons (Fsp3) is 0.647. The van der Waals surface area contributed by atoms with Gasteiger partial charge in [-0.05, 0) is 61.5 Å². The highest BCUT2D eigenvalue weighted by atomic mass is 32.2. The zero-order valence-electron chi connectivity index (χ0n) is 12.7. The summed E-state index contributed by atoms with van der Waals surface area (Å²) >= 11 is 1.81. The number of nitrogens with one attached hydrogen (secondary N) is 1. The Hall–Kier alpha value is -0.630. The molecular weight excluding hydrogens is 250 g/mol. The van der Waals surface area contributed by atoms with Crippen LogP contribution in [0.1, 0.15) is 46.5 Å². The van der Waals surface area contributed by atoms with Gasteiger partial charge in [-0.1, -0.05) is 26.8 Å². The minimum atomic E-state index is 0.476. The number of anilines is 1. The van der Waals surface area contributed by atoms with Crippen molar-refractivity contribution in [3.8, 4) is 0 Å². The van der Waals surface area contributed by atoms with E-state index in [2.05, 4.69) is 56.6 Å². The minimum Gasteiger partial charge on any atom is -0.382 e. The highest BCUT2D eigenvalue weighted by molar-refractivity contribution is 7.98. The van der Waals surface area contributed by atoms with Crippen molar-refractivity contribution in [2.75, 3.05) is 11.6 Å². The summed E-state index contributed by atoms with van der Waals surface area (Å²) < 4.78 is 0. The van der Waals surface area contributed by atoms with Gasteiger partial charge in [-0.3, -0.25) is 0 Å². The largest absolute Gasteiger partial charge is 0.382 e. The molecule has 0 aromatic heterocycles. The molecule has 0 bridgehead atoms. The highest BCUT2D eigenvalue weighted by Crippen LogP contribution is 2.38.